The van der Waals surface area contributed by atoms with E-state index in [1.54, 1.807) is 6.92 Å². The molecular weight excluding hydrogens is 132 g/mol. The molecule has 0 rings (SSSR count). The molecule has 10 heavy (non-hydrogen) atoms. The van der Waals surface area contributed by atoms with Crippen molar-refractivity contribution in [2.45, 2.75) is 39.4 Å². The molecule has 0 aromatic heterocycles. The van der Waals surface area contributed by atoms with Crippen molar-refractivity contribution in [3.8, 4) is 0 Å². The van der Waals surface area contributed by atoms with E-state index in [9.17, 15) is 0 Å². The first-order chi connectivity index (χ1) is 4.42. The molecule has 0 radical (unpaired) electrons. The minimum atomic E-state index is -0.470. The van der Waals surface area contributed by atoms with Gasteiger partial charge in [0, 0.05) is 0 Å². The van der Waals surface area contributed by atoms with E-state index in [0.717, 1.165) is 0 Å². The Morgan fingerprint density at radius 2 is 1.90 bits per heavy atom. The minimum Gasteiger partial charge on any atom is -0.391 e. The van der Waals surface area contributed by atoms with Gasteiger partial charge < -0.3 is 5.11 Å². The summed E-state index contributed by atoms with van der Waals surface area (Å²) >= 11 is 0. The van der Waals surface area contributed by atoms with Crippen LogP contribution in [0, 0.1) is 0 Å². The fourth-order valence-electron chi connectivity index (χ4n) is 0.309. The van der Waals surface area contributed by atoms with Gasteiger partial charge in [0.25, 0.3) is 0 Å². The Labute approximate surface area is 61.9 Å². The van der Waals surface area contributed by atoms with Crippen LogP contribution >= 0.6 is 0 Å². The van der Waals surface area contributed by atoms with Gasteiger partial charge in [-0.15, -0.1) is 0 Å². The smallest absolute Gasteiger partial charge is 0.108 e. The molecule has 0 aliphatic heterocycles. The predicted molar refractivity (Wildman–Crippen MR) is 38.5 cm³/mol. The van der Waals surface area contributed by atoms with Crippen LogP contribution in [-0.2, 0) is 9.78 Å². The average Bonchev–Trinajstić information content (AvgIpc) is 1.59. The first-order valence-electron chi connectivity index (χ1n) is 3.40. The molecular formula is C7H16O3. The van der Waals surface area contributed by atoms with Crippen LogP contribution in [0.4, 0.5) is 0 Å². The third-order valence-electron chi connectivity index (χ3n) is 0.618. The number of hydrogen-bond acceptors (Lipinski definition) is 3. The summed E-state index contributed by atoms with van der Waals surface area (Å²) in [6.07, 6.45) is -0.470. The van der Waals surface area contributed by atoms with Crippen molar-refractivity contribution in [2.75, 3.05) is 6.61 Å². The van der Waals surface area contributed by atoms with Gasteiger partial charge in [0.1, 0.15) is 6.61 Å². The summed E-state index contributed by atoms with van der Waals surface area (Å²) in [5.41, 5.74) is -0.297. The van der Waals surface area contributed by atoms with Crippen molar-refractivity contribution in [1.82, 2.24) is 0 Å². The fraction of sp³-hybridized carbons (Fsp3) is 1.00. The largest absolute Gasteiger partial charge is 0.391 e. The van der Waals surface area contributed by atoms with E-state index in [4.69, 9.17) is 14.9 Å². The van der Waals surface area contributed by atoms with Crippen molar-refractivity contribution in [2.24, 2.45) is 0 Å². The SMILES string of the molecule is CC(O)COOC(C)(C)C. The molecule has 0 saturated heterocycles. The second-order valence-corrected chi connectivity index (χ2v) is 3.33. The van der Waals surface area contributed by atoms with E-state index in [1.165, 1.54) is 0 Å². The summed E-state index contributed by atoms with van der Waals surface area (Å²) in [5.74, 6) is 0. The van der Waals surface area contributed by atoms with Crippen molar-refractivity contribution in [3.05, 3.63) is 0 Å². The van der Waals surface area contributed by atoms with E-state index in [-0.39, 0.29) is 12.2 Å². The zero-order chi connectivity index (χ0) is 8.20. The maximum atomic E-state index is 8.74. The molecule has 0 amide bonds. The number of hydrogen-bond donors (Lipinski definition) is 1. The summed E-state index contributed by atoms with van der Waals surface area (Å²) in [7, 11) is 0. The number of aliphatic hydroxyl groups excluding tert-OH is 1. The zero-order valence-corrected chi connectivity index (χ0v) is 7.05. The molecule has 3 heteroatoms. The summed E-state index contributed by atoms with van der Waals surface area (Å²) in [4.78, 5) is 9.59. The van der Waals surface area contributed by atoms with E-state index in [2.05, 4.69) is 0 Å². The van der Waals surface area contributed by atoms with Gasteiger partial charge in [-0.25, -0.2) is 9.78 Å². The Kier molecular flexibility index (Phi) is 3.86. The maximum absolute atomic E-state index is 8.74. The molecule has 0 aromatic rings. The lowest BCUT2D eigenvalue weighted by molar-refractivity contribution is -0.355. The summed E-state index contributed by atoms with van der Waals surface area (Å²) in [5, 5.41) is 8.74. The number of aliphatic hydroxyl groups is 1. The fourth-order valence-corrected chi connectivity index (χ4v) is 0.309. The molecule has 62 valence electrons. The molecule has 0 aromatic carbocycles. The third kappa shape index (κ3) is 7.88. The Balaban J connectivity index is 3.21. The van der Waals surface area contributed by atoms with Crippen molar-refractivity contribution >= 4 is 0 Å². The van der Waals surface area contributed by atoms with E-state index in [0.29, 0.717) is 0 Å². The van der Waals surface area contributed by atoms with Gasteiger partial charge in [0.15, 0.2) is 0 Å². The molecule has 1 N–H and O–H groups in total. The van der Waals surface area contributed by atoms with Crippen LogP contribution in [0.2, 0.25) is 0 Å². The summed E-state index contributed by atoms with van der Waals surface area (Å²) < 4.78 is 0. The highest BCUT2D eigenvalue weighted by Crippen LogP contribution is 2.06. The van der Waals surface area contributed by atoms with Crippen LogP contribution in [0.3, 0.4) is 0 Å². The average molecular weight is 148 g/mol. The highest BCUT2D eigenvalue weighted by Gasteiger charge is 2.11. The van der Waals surface area contributed by atoms with Gasteiger partial charge in [-0.2, -0.15) is 0 Å². The highest BCUT2D eigenvalue weighted by molar-refractivity contribution is 4.54. The predicted octanol–water partition coefficient (Wildman–Crippen LogP) is 1.11. The third-order valence-corrected chi connectivity index (χ3v) is 0.618. The Morgan fingerprint density at radius 3 is 2.20 bits per heavy atom. The standard InChI is InChI=1S/C7H16O3/c1-6(8)5-9-10-7(2,3)4/h6,8H,5H2,1-4H3. The first-order valence-corrected chi connectivity index (χ1v) is 3.40. The number of rotatable bonds is 3. The van der Waals surface area contributed by atoms with E-state index < -0.39 is 6.10 Å². The van der Waals surface area contributed by atoms with E-state index in [1.807, 2.05) is 20.8 Å². The molecule has 0 bridgehead atoms. The Morgan fingerprint density at radius 1 is 1.40 bits per heavy atom. The second-order valence-electron chi connectivity index (χ2n) is 3.33. The van der Waals surface area contributed by atoms with Crippen LogP contribution in [0.15, 0.2) is 0 Å². The lowest BCUT2D eigenvalue weighted by Gasteiger charge is -2.17. The van der Waals surface area contributed by atoms with Gasteiger partial charge in [-0.05, 0) is 27.7 Å². The molecule has 0 aliphatic carbocycles. The van der Waals surface area contributed by atoms with Gasteiger partial charge in [-0.3, -0.25) is 0 Å². The molecule has 0 fully saturated rings. The van der Waals surface area contributed by atoms with Crippen LogP contribution in [0.25, 0.3) is 0 Å². The molecule has 0 aliphatic rings. The normalized spacial score (nSPS) is 15.3. The maximum Gasteiger partial charge on any atom is 0.108 e. The molecule has 1 unspecified atom stereocenters. The minimum absolute atomic E-state index is 0.220. The Bertz CT molecular complexity index is 83.3. The van der Waals surface area contributed by atoms with E-state index >= 15 is 0 Å². The van der Waals surface area contributed by atoms with Crippen LogP contribution in [0.1, 0.15) is 27.7 Å². The molecule has 0 spiro atoms. The van der Waals surface area contributed by atoms with Gasteiger partial charge in [0.05, 0.1) is 11.7 Å². The van der Waals surface area contributed by atoms with Crippen molar-refractivity contribution in [1.29, 1.82) is 0 Å². The lowest BCUT2D eigenvalue weighted by Crippen LogP contribution is -2.22. The highest BCUT2D eigenvalue weighted by atomic mass is 17.2. The van der Waals surface area contributed by atoms with Gasteiger partial charge in [-0.1, -0.05) is 0 Å². The quantitative estimate of drug-likeness (QED) is 0.481. The molecule has 3 nitrogen and oxygen atoms in total. The Hall–Kier alpha value is -0.120. The molecule has 1 atom stereocenters. The first kappa shape index (κ1) is 9.88. The van der Waals surface area contributed by atoms with Crippen LogP contribution in [-0.4, -0.2) is 23.4 Å². The van der Waals surface area contributed by atoms with Crippen LogP contribution < -0.4 is 0 Å². The molecule has 0 saturated carbocycles. The topological polar surface area (TPSA) is 38.7 Å². The lowest BCUT2D eigenvalue weighted by atomic mass is 10.2. The molecule has 0 heterocycles. The monoisotopic (exact) mass is 148 g/mol. The summed E-state index contributed by atoms with van der Waals surface area (Å²) in [6, 6.07) is 0. The summed E-state index contributed by atoms with van der Waals surface area (Å²) in [6.45, 7) is 7.52. The second kappa shape index (κ2) is 3.91. The van der Waals surface area contributed by atoms with Crippen molar-refractivity contribution < 1.29 is 14.9 Å². The van der Waals surface area contributed by atoms with Gasteiger partial charge in [0.2, 0.25) is 0 Å². The van der Waals surface area contributed by atoms with Gasteiger partial charge >= 0.3 is 0 Å². The van der Waals surface area contributed by atoms with Crippen LogP contribution in [0.5, 0.6) is 0 Å². The van der Waals surface area contributed by atoms with Crippen molar-refractivity contribution in [3.63, 3.8) is 0 Å². The zero-order valence-electron chi connectivity index (χ0n) is 7.05.